The van der Waals surface area contributed by atoms with E-state index < -0.39 is 0 Å². The second kappa shape index (κ2) is 5.13. The van der Waals surface area contributed by atoms with Gasteiger partial charge in [-0.1, -0.05) is 0 Å². The molecule has 0 aromatic carbocycles. The molecule has 0 aliphatic heterocycles. The molecule has 4 nitrogen and oxygen atoms in total. The fourth-order valence-corrected chi connectivity index (χ4v) is 1.83. The van der Waals surface area contributed by atoms with E-state index in [4.69, 9.17) is 0 Å². The molecule has 2 aromatic heterocycles. The van der Waals surface area contributed by atoms with E-state index >= 15 is 0 Å². The van der Waals surface area contributed by atoms with Gasteiger partial charge < -0.3 is 9.88 Å². The molecule has 1 N–H and O–H groups in total. The molecule has 0 aliphatic rings. The summed E-state index contributed by atoms with van der Waals surface area (Å²) in [6.07, 6.45) is 3.71. The third kappa shape index (κ3) is 3.41. The van der Waals surface area contributed by atoms with Gasteiger partial charge in [0.25, 0.3) is 0 Å². The summed E-state index contributed by atoms with van der Waals surface area (Å²) < 4.78 is 2.09. The molecule has 102 valence electrons. The van der Waals surface area contributed by atoms with E-state index in [0.29, 0.717) is 0 Å². The minimum Gasteiger partial charge on any atom is -0.306 e. The summed E-state index contributed by atoms with van der Waals surface area (Å²) in [7, 11) is 0. The molecule has 0 saturated carbocycles. The zero-order valence-electron chi connectivity index (χ0n) is 12.4. The first-order valence-corrected chi connectivity index (χ1v) is 6.58. The number of hydrogen-bond acceptors (Lipinski definition) is 3. The van der Waals surface area contributed by atoms with Crippen LogP contribution in [0.2, 0.25) is 0 Å². The maximum atomic E-state index is 4.41. The summed E-state index contributed by atoms with van der Waals surface area (Å²) in [6, 6.07) is 4.11. The van der Waals surface area contributed by atoms with Gasteiger partial charge in [0.1, 0.15) is 0 Å². The van der Waals surface area contributed by atoms with Crippen molar-refractivity contribution >= 4 is 0 Å². The van der Waals surface area contributed by atoms with E-state index in [1.165, 1.54) is 5.69 Å². The van der Waals surface area contributed by atoms with Crippen LogP contribution in [0.5, 0.6) is 0 Å². The Balaban J connectivity index is 2.22. The monoisotopic (exact) mass is 258 g/mol. The smallest absolute Gasteiger partial charge is 0.0997 e. The van der Waals surface area contributed by atoms with E-state index in [-0.39, 0.29) is 5.54 Å². The molecule has 0 unspecified atom stereocenters. The number of rotatable bonds is 3. The molecular weight excluding hydrogens is 236 g/mol. The van der Waals surface area contributed by atoms with E-state index in [0.717, 1.165) is 23.6 Å². The Morgan fingerprint density at radius 3 is 2.53 bits per heavy atom. The number of pyridine rings is 1. The summed E-state index contributed by atoms with van der Waals surface area (Å²) in [6.45, 7) is 11.3. The van der Waals surface area contributed by atoms with Gasteiger partial charge in [-0.2, -0.15) is 0 Å². The van der Waals surface area contributed by atoms with Gasteiger partial charge in [0, 0.05) is 24.0 Å². The predicted molar refractivity (Wildman–Crippen MR) is 77.4 cm³/mol. The number of aromatic nitrogens is 3. The molecule has 0 spiro atoms. The second-order valence-corrected chi connectivity index (χ2v) is 5.89. The van der Waals surface area contributed by atoms with Crippen molar-refractivity contribution < 1.29 is 0 Å². The van der Waals surface area contributed by atoms with Crippen molar-refractivity contribution in [1.29, 1.82) is 0 Å². The van der Waals surface area contributed by atoms with Crippen LogP contribution in [0.15, 0.2) is 24.7 Å². The summed E-state index contributed by atoms with van der Waals surface area (Å²) in [5, 5.41) is 3.45. The number of imidazole rings is 1. The maximum absolute atomic E-state index is 4.41. The van der Waals surface area contributed by atoms with Crippen LogP contribution in [0.4, 0.5) is 0 Å². The Morgan fingerprint density at radius 2 is 1.95 bits per heavy atom. The highest BCUT2D eigenvalue weighted by Crippen LogP contribution is 2.14. The Morgan fingerprint density at radius 1 is 1.21 bits per heavy atom. The van der Waals surface area contributed by atoms with Gasteiger partial charge in [-0.25, -0.2) is 4.98 Å². The molecule has 2 heterocycles. The van der Waals surface area contributed by atoms with Crippen molar-refractivity contribution in [2.75, 3.05) is 0 Å². The summed E-state index contributed by atoms with van der Waals surface area (Å²) in [4.78, 5) is 8.74. The van der Waals surface area contributed by atoms with Crippen LogP contribution in [0.3, 0.4) is 0 Å². The Kier molecular flexibility index (Phi) is 3.71. The third-order valence-electron chi connectivity index (χ3n) is 3.13. The molecule has 2 aromatic rings. The first-order valence-electron chi connectivity index (χ1n) is 6.58. The van der Waals surface area contributed by atoms with E-state index in [9.17, 15) is 0 Å². The Hall–Kier alpha value is -1.68. The topological polar surface area (TPSA) is 42.7 Å². The Bertz CT molecular complexity index is 564. The van der Waals surface area contributed by atoms with Gasteiger partial charge in [0.2, 0.25) is 0 Å². The average Bonchev–Trinajstić information content (AvgIpc) is 2.67. The van der Waals surface area contributed by atoms with Crippen molar-refractivity contribution in [2.24, 2.45) is 0 Å². The highest BCUT2D eigenvalue weighted by molar-refractivity contribution is 5.35. The van der Waals surface area contributed by atoms with Gasteiger partial charge in [-0.3, -0.25) is 4.98 Å². The lowest BCUT2D eigenvalue weighted by molar-refractivity contribution is 0.421. The first kappa shape index (κ1) is 13.7. The second-order valence-electron chi connectivity index (χ2n) is 5.89. The minimum atomic E-state index is 0.0964. The third-order valence-corrected chi connectivity index (χ3v) is 3.13. The van der Waals surface area contributed by atoms with E-state index in [1.54, 1.807) is 0 Å². The first-order chi connectivity index (χ1) is 8.87. The van der Waals surface area contributed by atoms with Crippen LogP contribution in [-0.2, 0) is 6.54 Å². The van der Waals surface area contributed by atoms with E-state index in [2.05, 4.69) is 53.6 Å². The van der Waals surface area contributed by atoms with Gasteiger partial charge in [-0.05, 0) is 46.8 Å². The number of hydrogen-bond donors (Lipinski definition) is 1. The summed E-state index contributed by atoms with van der Waals surface area (Å²) in [5.41, 5.74) is 4.48. The molecule has 0 saturated heterocycles. The zero-order valence-corrected chi connectivity index (χ0v) is 12.4. The van der Waals surface area contributed by atoms with Crippen molar-refractivity contribution in [3.63, 3.8) is 0 Å². The molecule has 0 aliphatic carbocycles. The largest absolute Gasteiger partial charge is 0.306 e. The van der Waals surface area contributed by atoms with Crippen molar-refractivity contribution in [3.8, 4) is 5.69 Å². The fourth-order valence-electron chi connectivity index (χ4n) is 1.83. The molecule has 0 atom stereocenters. The average molecular weight is 258 g/mol. The van der Waals surface area contributed by atoms with Gasteiger partial charge in [-0.15, -0.1) is 0 Å². The van der Waals surface area contributed by atoms with Crippen LogP contribution in [0.25, 0.3) is 5.69 Å². The molecular formula is C15H22N4. The molecule has 4 heteroatoms. The predicted octanol–water partition coefficient (Wildman–Crippen LogP) is 2.77. The fraction of sp³-hybridized carbons (Fsp3) is 0.467. The SMILES string of the molecule is Cc1ncn(-c2ccnc(CNC(C)(C)C)c2)c1C. The van der Waals surface area contributed by atoms with Crippen molar-refractivity contribution in [3.05, 3.63) is 41.7 Å². The molecule has 0 bridgehead atoms. The van der Waals surface area contributed by atoms with E-state index in [1.807, 2.05) is 25.5 Å². The number of nitrogens with zero attached hydrogens (tertiary/aromatic N) is 3. The Labute approximate surface area is 114 Å². The van der Waals surface area contributed by atoms with Crippen LogP contribution in [0, 0.1) is 13.8 Å². The standard InChI is InChI=1S/C15H22N4/c1-11-12(2)19(10-17-11)14-6-7-16-13(8-14)9-18-15(3,4)5/h6-8,10,18H,9H2,1-5H3. The van der Waals surface area contributed by atoms with Gasteiger partial charge in [0.15, 0.2) is 0 Å². The molecule has 2 rings (SSSR count). The highest BCUT2D eigenvalue weighted by Gasteiger charge is 2.10. The van der Waals surface area contributed by atoms with Crippen LogP contribution in [0.1, 0.15) is 37.9 Å². The molecule has 0 amide bonds. The summed E-state index contributed by atoms with van der Waals surface area (Å²) in [5.74, 6) is 0. The quantitative estimate of drug-likeness (QED) is 0.920. The normalized spacial score (nSPS) is 11.8. The lowest BCUT2D eigenvalue weighted by Gasteiger charge is -2.20. The van der Waals surface area contributed by atoms with Crippen LogP contribution in [-0.4, -0.2) is 20.1 Å². The summed E-state index contributed by atoms with van der Waals surface area (Å²) >= 11 is 0. The maximum Gasteiger partial charge on any atom is 0.0997 e. The number of aryl methyl sites for hydroxylation is 1. The van der Waals surface area contributed by atoms with Crippen LogP contribution >= 0.6 is 0 Å². The van der Waals surface area contributed by atoms with Gasteiger partial charge >= 0.3 is 0 Å². The zero-order chi connectivity index (χ0) is 14.0. The van der Waals surface area contributed by atoms with Crippen molar-refractivity contribution in [2.45, 2.75) is 46.7 Å². The lowest BCUT2D eigenvalue weighted by atomic mass is 10.1. The van der Waals surface area contributed by atoms with Crippen LogP contribution < -0.4 is 5.32 Å². The van der Waals surface area contributed by atoms with Gasteiger partial charge in [0.05, 0.1) is 23.4 Å². The highest BCUT2D eigenvalue weighted by atomic mass is 15.1. The lowest BCUT2D eigenvalue weighted by Crippen LogP contribution is -2.35. The molecule has 19 heavy (non-hydrogen) atoms. The molecule has 0 radical (unpaired) electrons. The number of nitrogens with one attached hydrogen (secondary N) is 1. The minimum absolute atomic E-state index is 0.0964. The van der Waals surface area contributed by atoms with Crippen molar-refractivity contribution in [1.82, 2.24) is 19.9 Å². The molecule has 0 fully saturated rings.